The molecule has 0 aliphatic carbocycles. The van der Waals surface area contributed by atoms with Crippen LogP contribution in [0.3, 0.4) is 0 Å². The van der Waals surface area contributed by atoms with Crippen LogP contribution < -0.4 is 5.32 Å². The van der Waals surface area contributed by atoms with E-state index in [1.807, 2.05) is 7.05 Å². The average molecular weight is 269 g/mol. The first-order valence-corrected chi connectivity index (χ1v) is 6.96. The third-order valence-corrected chi connectivity index (χ3v) is 3.28. The van der Waals surface area contributed by atoms with E-state index in [0.717, 1.165) is 31.7 Å². The van der Waals surface area contributed by atoms with Crippen molar-refractivity contribution in [3.63, 3.8) is 0 Å². The molecule has 0 aromatic carbocycles. The van der Waals surface area contributed by atoms with Crippen molar-refractivity contribution in [3.8, 4) is 0 Å². The first-order chi connectivity index (χ1) is 9.28. The van der Waals surface area contributed by atoms with Gasteiger partial charge in [0.25, 0.3) is 0 Å². The highest BCUT2D eigenvalue weighted by molar-refractivity contribution is 4.89. The van der Waals surface area contributed by atoms with E-state index in [-0.39, 0.29) is 6.10 Å². The molecule has 0 spiro atoms. The second-order valence-corrected chi connectivity index (χ2v) is 4.96. The van der Waals surface area contributed by atoms with Crippen LogP contribution >= 0.6 is 0 Å². The molecule has 6 heteroatoms. The highest BCUT2D eigenvalue weighted by Gasteiger charge is 2.15. The summed E-state index contributed by atoms with van der Waals surface area (Å²) in [5.41, 5.74) is 0. The van der Waals surface area contributed by atoms with Gasteiger partial charge in [0.2, 0.25) is 5.89 Å². The lowest BCUT2D eigenvalue weighted by atomic mass is 10.2. The molecule has 0 saturated carbocycles. The minimum Gasteiger partial charge on any atom is -0.378 e. The topological polar surface area (TPSA) is 69.4 Å². The fourth-order valence-corrected chi connectivity index (χ4v) is 2.00. The summed E-state index contributed by atoms with van der Waals surface area (Å²) in [4.78, 5) is 4.34. The normalized spacial score (nSPS) is 20.8. The molecule has 108 valence electrons. The first kappa shape index (κ1) is 14.4. The molecule has 1 aromatic rings. The van der Waals surface area contributed by atoms with Gasteiger partial charge in [-0.3, -0.25) is 0 Å². The van der Waals surface area contributed by atoms with Crippen molar-refractivity contribution in [1.29, 1.82) is 0 Å². The summed E-state index contributed by atoms with van der Waals surface area (Å²) in [5, 5.41) is 7.10. The Bertz CT molecular complexity index is 364. The lowest BCUT2D eigenvalue weighted by molar-refractivity contribution is 0.0169. The largest absolute Gasteiger partial charge is 0.378 e. The van der Waals surface area contributed by atoms with Crippen molar-refractivity contribution in [1.82, 2.24) is 15.5 Å². The molecule has 0 amide bonds. The molecular formula is C13H23N3O3. The quantitative estimate of drug-likeness (QED) is 0.709. The van der Waals surface area contributed by atoms with Gasteiger partial charge >= 0.3 is 0 Å². The van der Waals surface area contributed by atoms with Gasteiger partial charge in [0.1, 0.15) is 0 Å². The van der Waals surface area contributed by atoms with E-state index in [1.165, 1.54) is 0 Å². The highest BCUT2D eigenvalue weighted by atomic mass is 16.5. The zero-order valence-corrected chi connectivity index (χ0v) is 11.7. The Morgan fingerprint density at radius 1 is 1.53 bits per heavy atom. The summed E-state index contributed by atoms with van der Waals surface area (Å²) < 4.78 is 16.2. The van der Waals surface area contributed by atoms with Gasteiger partial charge in [-0.15, -0.1) is 0 Å². The summed E-state index contributed by atoms with van der Waals surface area (Å²) in [6.07, 6.45) is 3.96. The predicted octanol–water partition coefficient (Wildman–Crippen LogP) is 0.958. The Kier molecular flexibility index (Phi) is 5.75. The fourth-order valence-electron chi connectivity index (χ4n) is 2.00. The van der Waals surface area contributed by atoms with Crippen LogP contribution in [0.5, 0.6) is 0 Å². The molecule has 0 bridgehead atoms. The summed E-state index contributed by atoms with van der Waals surface area (Å²) in [5.74, 6) is 1.39. The second kappa shape index (κ2) is 7.57. The van der Waals surface area contributed by atoms with E-state index >= 15 is 0 Å². The van der Waals surface area contributed by atoms with Crippen LogP contribution in [0.15, 0.2) is 4.52 Å². The van der Waals surface area contributed by atoms with Crippen molar-refractivity contribution in [2.75, 3.05) is 26.9 Å². The molecule has 2 unspecified atom stereocenters. The average Bonchev–Trinajstić information content (AvgIpc) is 3.06. The van der Waals surface area contributed by atoms with Gasteiger partial charge in [-0.05, 0) is 26.8 Å². The van der Waals surface area contributed by atoms with Gasteiger partial charge in [0.15, 0.2) is 5.82 Å². The van der Waals surface area contributed by atoms with Gasteiger partial charge in [-0.2, -0.15) is 4.98 Å². The molecule has 2 heterocycles. The third kappa shape index (κ3) is 4.89. The monoisotopic (exact) mass is 269 g/mol. The maximum Gasteiger partial charge on any atom is 0.228 e. The van der Waals surface area contributed by atoms with Gasteiger partial charge in [-0.25, -0.2) is 0 Å². The SMILES string of the molecule is CNC(C)Cc1noc(CCOCC2CCCO2)n1. The van der Waals surface area contributed by atoms with Crippen LogP contribution in [0.1, 0.15) is 31.5 Å². The number of likely N-dealkylation sites (N-methyl/N-ethyl adjacent to an activating group) is 1. The van der Waals surface area contributed by atoms with E-state index in [0.29, 0.717) is 31.6 Å². The molecule has 0 radical (unpaired) electrons. The van der Waals surface area contributed by atoms with Crippen molar-refractivity contribution in [3.05, 3.63) is 11.7 Å². The fraction of sp³-hybridized carbons (Fsp3) is 0.846. The second-order valence-electron chi connectivity index (χ2n) is 4.96. The standard InChI is InChI=1S/C13H23N3O3/c1-10(14-2)8-12-15-13(19-16-12)5-7-17-9-11-4-3-6-18-11/h10-11,14H,3-9H2,1-2H3. The molecule has 1 aliphatic rings. The van der Waals surface area contributed by atoms with Crippen LogP contribution in [-0.4, -0.2) is 49.2 Å². The number of hydrogen-bond acceptors (Lipinski definition) is 6. The molecule has 2 atom stereocenters. The van der Waals surface area contributed by atoms with Crippen LogP contribution in [0, 0.1) is 0 Å². The molecular weight excluding hydrogens is 246 g/mol. The summed E-state index contributed by atoms with van der Waals surface area (Å²) in [7, 11) is 1.92. The Morgan fingerprint density at radius 2 is 2.42 bits per heavy atom. The zero-order chi connectivity index (χ0) is 13.5. The van der Waals surface area contributed by atoms with E-state index in [4.69, 9.17) is 14.0 Å². The van der Waals surface area contributed by atoms with Gasteiger partial charge in [0, 0.05) is 19.1 Å². The van der Waals surface area contributed by atoms with Gasteiger partial charge < -0.3 is 19.3 Å². The van der Waals surface area contributed by atoms with Crippen molar-refractivity contribution >= 4 is 0 Å². The van der Waals surface area contributed by atoms with Gasteiger partial charge in [0.05, 0.1) is 25.7 Å². The third-order valence-electron chi connectivity index (χ3n) is 3.28. The molecule has 6 nitrogen and oxygen atoms in total. The lowest BCUT2D eigenvalue weighted by Gasteiger charge is -2.08. The number of aromatic nitrogens is 2. The van der Waals surface area contributed by atoms with E-state index < -0.39 is 0 Å². The van der Waals surface area contributed by atoms with Crippen LogP contribution in [0.2, 0.25) is 0 Å². The summed E-state index contributed by atoms with van der Waals surface area (Å²) in [6, 6.07) is 0.348. The number of ether oxygens (including phenoxy) is 2. The maximum atomic E-state index is 5.57. The lowest BCUT2D eigenvalue weighted by Crippen LogP contribution is -2.24. The number of nitrogens with zero attached hydrogens (tertiary/aromatic N) is 2. The Labute approximate surface area is 113 Å². The predicted molar refractivity (Wildman–Crippen MR) is 70.0 cm³/mol. The molecule has 1 aliphatic heterocycles. The van der Waals surface area contributed by atoms with Crippen LogP contribution in [-0.2, 0) is 22.3 Å². The minimum atomic E-state index is 0.273. The zero-order valence-electron chi connectivity index (χ0n) is 11.7. The number of nitrogens with one attached hydrogen (secondary N) is 1. The molecule has 1 saturated heterocycles. The number of rotatable bonds is 8. The highest BCUT2D eigenvalue weighted by Crippen LogP contribution is 2.12. The maximum absolute atomic E-state index is 5.57. The van der Waals surface area contributed by atoms with Crippen LogP contribution in [0.25, 0.3) is 0 Å². The van der Waals surface area contributed by atoms with Gasteiger partial charge in [-0.1, -0.05) is 5.16 Å². The Hall–Kier alpha value is -0.980. The summed E-state index contributed by atoms with van der Waals surface area (Å²) >= 11 is 0. The Balaban J connectivity index is 1.62. The van der Waals surface area contributed by atoms with Crippen molar-refractivity contribution in [2.24, 2.45) is 0 Å². The van der Waals surface area contributed by atoms with E-state index in [9.17, 15) is 0 Å². The molecule has 1 aromatic heterocycles. The first-order valence-electron chi connectivity index (χ1n) is 6.96. The van der Waals surface area contributed by atoms with E-state index in [1.54, 1.807) is 0 Å². The summed E-state index contributed by atoms with van der Waals surface area (Å²) in [6.45, 7) is 4.21. The smallest absolute Gasteiger partial charge is 0.228 e. The number of hydrogen-bond donors (Lipinski definition) is 1. The van der Waals surface area contributed by atoms with Crippen molar-refractivity contribution < 1.29 is 14.0 Å². The van der Waals surface area contributed by atoms with E-state index in [2.05, 4.69) is 22.4 Å². The molecule has 1 N–H and O–H groups in total. The van der Waals surface area contributed by atoms with Crippen LogP contribution in [0.4, 0.5) is 0 Å². The Morgan fingerprint density at radius 3 is 3.16 bits per heavy atom. The molecule has 19 heavy (non-hydrogen) atoms. The minimum absolute atomic E-state index is 0.273. The molecule has 1 fully saturated rings. The molecule has 2 rings (SSSR count). The van der Waals surface area contributed by atoms with Crippen molar-refractivity contribution in [2.45, 2.75) is 44.8 Å².